The lowest BCUT2D eigenvalue weighted by molar-refractivity contribution is 0.953. The Morgan fingerprint density at radius 1 is 0.286 bits per heavy atom. The van der Waals surface area contributed by atoms with E-state index in [2.05, 4.69) is 208 Å². The van der Waals surface area contributed by atoms with Crippen LogP contribution in [0.25, 0.3) is 117 Å². The van der Waals surface area contributed by atoms with Gasteiger partial charge in [0.1, 0.15) is 5.82 Å². The molecule has 0 amide bonds. The first-order valence-corrected chi connectivity index (χ1v) is 21.2. The molecule has 0 saturated carbocycles. The SMILES string of the molecule is c1ccc(-c2nc(-c3cccc(-c4cccc(-n5c6ccccc6c6ccccc65)n4)c3)nc(-n3c4ccccc4c4ccc5c6ccccc6n(-c6ccccc6)c5c43)n2)cc1. The quantitative estimate of drug-likeness (QED) is 0.168. The molecule has 0 bridgehead atoms. The van der Waals surface area contributed by atoms with Crippen molar-refractivity contribution in [3.05, 3.63) is 212 Å². The maximum absolute atomic E-state index is 5.40. The monoisotopic (exact) mass is 805 g/mol. The highest BCUT2D eigenvalue weighted by atomic mass is 15.2. The number of rotatable bonds is 6. The van der Waals surface area contributed by atoms with E-state index in [4.69, 9.17) is 19.9 Å². The molecule has 5 heterocycles. The van der Waals surface area contributed by atoms with Crippen LogP contribution in [0.3, 0.4) is 0 Å². The molecular formula is C56H35N7. The fourth-order valence-corrected chi connectivity index (χ4v) is 9.56. The molecule has 8 aromatic carbocycles. The molecule has 0 unspecified atom stereocenters. The highest BCUT2D eigenvalue weighted by Gasteiger charge is 2.24. The first-order chi connectivity index (χ1) is 31.3. The van der Waals surface area contributed by atoms with E-state index in [1.54, 1.807) is 0 Å². The topological polar surface area (TPSA) is 66.3 Å². The predicted octanol–water partition coefficient (Wildman–Crippen LogP) is 13.6. The Morgan fingerprint density at radius 2 is 0.746 bits per heavy atom. The minimum atomic E-state index is 0.541. The molecule has 13 rings (SSSR count). The molecule has 294 valence electrons. The molecule has 0 radical (unpaired) electrons. The lowest BCUT2D eigenvalue weighted by Crippen LogP contribution is -2.07. The molecule has 0 saturated heterocycles. The number of benzene rings is 8. The summed E-state index contributed by atoms with van der Waals surface area (Å²) >= 11 is 0. The maximum atomic E-state index is 5.40. The number of hydrogen-bond acceptors (Lipinski definition) is 4. The van der Waals surface area contributed by atoms with E-state index in [1.165, 1.54) is 16.2 Å². The molecule has 0 N–H and O–H groups in total. The molecule has 63 heavy (non-hydrogen) atoms. The standard InChI is InChI=1S/C56H35N7/c1-3-17-36(18-4-1)54-58-55(38-20-15-19-37(35-38)46-27-16-32-51(57-46)62-48-29-12-7-23-40(48)41-24-8-13-30-49(41)62)60-56(59-54)63-50-31-14-10-26-43(50)45-34-33-44-42-25-9-11-28-47(42)61(52(44)53(45)63)39-21-5-2-6-22-39/h1-35H. The second-order valence-electron chi connectivity index (χ2n) is 15.9. The molecule has 0 aliphatic rings. The highest BCUT2D eigenvalue weighted by molar-refractivity contribution is 6.23. The van der Waals surface area contributed by atoms with E-state index in [0.29, 0.717) is 17.6 Å². The van der Waals surface area contributed by atoms with Gasteiger partial charge in [0.25, 0.3) is 0 Å². The summed E-state index contributed by atoms with van der Waals surface area (Å²) in [6.07, 6.45) is 0. The minimum Gasteiger partial charge on any atom is -0.307 e. The van der Waals surface area contributed by atoms with Crippen molar-refractivity contribution in [3.8, 4) is 51.5 Å². The number of nitrogens with zero attached hydrogens (tertiary/aromatic N) is 7. The van der Waals surface area contributed by atoms with Crippen molar-refractivity contribution in [2.75, 3.05) is 0 Å². The summed E-state index contributed by atoms with van der Waals surface area (Å²) in [5, 5.41) is 6.99. The van der Waals surface area contributed by atoms with Crippen LogP contribution in [0.5, 0.6) is 0 Å². The van der Waals surface area contributed by atoms with Gasteiger partial charge < -0.3 is 4.57 Å². The van der Waals surface area contributed by atoms with Gasteiger partial charge in [0, 0.05) is 54.7 Å². The van der Waals surface area contributed by atoms with Crippen molar-refractivity contribution >= 4 is 65.4 Å². The summed E-state index contributed by atoms with van der Waals surface area (Å²) in [4.78, 5) is 21.2. The van der Waals surface area contributed by atoms with E-state index in [0.717, 1.165) is 83.1 Å². The number of fused-ring (bicyclic) bond motifs is 10. The van der Waals surface area contributed by atoms with Crippen LogP contribution in [0.15, 0.2) is 212 Å². The Hall–Kier alpha value is -8.68. The summed E-state index contributed by atoms with van der Waals surface area (Å²) in [6, 6.07) is 74.2. The normalized spacial score (nSPS) is 11.8. The Bertz CT molecular complexity index is 3860. The molecule has 7 heteroatoms. The highest BCUT2D eigenvalue weighted by Crippen LogP contribution is 2.42. The van der Waals surface area contributed by atoms with Gasteiger partial charge in [0.05, 0.1) is 38.8 Å². The third-order valence-electron chi connectivity index (χ3n) is 12.3. The van der Waals surface area contributed by atoms with Crippen molar-refractivity contribution in [2.45, 2.75) is 0 Å². The zero-order chi connectivity index (χ0) is 41.4. The van der Waals surface area contributed by atoms with E-state index in [1.807, 2.05) is 18.2 Å². The van der Waals surface area contributed by atoms with Gasteiger partial charge >= 0.3 is 0 Å². The lowest BCUT2D eigenvalue weighted by atomic mass is 10.1. The van der Waals surface area contributed by atoms with Crippen molar-refractivity contribution in [2.24, 2.45) is 0 Å². The molecule has 5 aromatic heterocycles. The third kappa shape index (κ3) is 5.46. The smallest absolute Gasteiger partial charge is 0.238 e. The first kappa shape index (κ1) is 35.1. The van der Waals surface area contributed by atoms with E-state index in [-0.39, 0.29) is 0 Å². The fourth-order valence-electron chi connectivity index (χ4n) is 9.56. The number of para-hydroxylation sites is 5. The van der Waals surface area contributed by atoms with Gasteiger partial charge in [-0.25, -0.2) is 9.97 Å². The van der Waals surface area contributed by atoms with Crippen LogP contribution in [0.4, 0.5) is 0 Å². The Labute approximate surface area is 361 Å². The van der Waals surface area contributed by atoms with Crippen LogP contribution < -0.4 is 0 Å². The Kier molecular flexibility index (Phi) is 7.77. The zero-order valence-corrected chi connectivity index (χ0v) is 33.8. The van der Waals surface area contributed by atoms with Crippen LogP contribution in [0, 0.1) is 0 Å². The van der Waals surface area contributed by atoms with Gasteiger partial charge in [-0.3, -0.25) is 9.13 Å². The average molecular weight is 806 g/mol. The van der Waals surface area contributed by atoms with E-state index in [9.17, 15) is 0 Å². The third-order valence-corrected chi connectivity index (χ3v) is 12.3. The summed E-state index contributed by atoms with van der Waals surface area (Å²) in [5.41, 5.74) is 11.2. The van der Waals surface area contributed by atoms with Crippen molar-refractivity contribution < 1.29 is 0 Å². The van der Waals surface area contributed by atoms with Gasteiger partial charge in [-0.2, -0.15) is 9.97 Å². The lowest BCUT2D eigenvalue weighted by Gasteiger charge is -2.13. The summed E-state index contributed by atoms with van der Waals surface area (Å²) in [5.74, 6) is 2.56. The second-order valence-corrected chi connectivity index (χ2v) is 15.9. The van der Waals surface area contributed by atoms with Gasteiger partial charge in [0.2, 0.25) is 5.95 Å². The molecule has 0 atom stereocenters. The number of hydrogen-bond donors (Lipinski definition) is 0. The molecule has 7 nitrogen and oxygen atoms in total. The zero-order valence-electron chi connectivity index (χ0n) is 33.8. The summed E-state index contributed by atoms with van der Waals surface area (Å²) < 4.78 is 6.87. The van der Waals surface area contributed by atoms with E-state index >= 15 is 0 Å². The van der Waals surface area contributed by atoms with Crippen LogP contribution in [0.2, 0.25) is 0 Å². The second kappa shape index (κ2) is 13.9. The van der Waals surface area contributed by atoms with Crippen LogP contribution in [0.1, 0.15) is 0 Å². The fraction of sp³-hybridized carbons (Fsp3) is 0. The van der Waals surface area contributed by atoms with Crippen LogP contribution in [-0.4, -0.2) is 33.6 Å². The van der Waals surface area contributed by atoms with Gasteiger partial charge in [0.15, 0.2) is 11.6 Å². The van der Waals surface area contributed by atoms with Gasteiger partial charge in [-0.05, 0) is 54.6 Å². The Balaban J connectivity index is 1.04. The summed E-state index contributed by atoms with van der Waals surface area (Å²) in [6.45, 7) is 0. The summed E-state index contributed by atoms with van der Waals surface area (Å²) in [7, 11) is 0. The maximum Gasteiger partial charge on any atom is 0.238 e. The number of aromatic nitrogens is 7. The molecule has 0 spiro atoms. The minimum absolute atomic E-state index is 0.541. The van der Waals surface area contributed by atoms with Crippen LogP contribution in [-0.2, 0) is 0 Å². The molecule has 0 aliphatic heterocycles. The average Bonchev–Trinajstić information content (AvgIpc) is 4.00. The molecule has 0 fully saturated rings. The first-order valence-electron chi connectivity index (χ1n) is 21.2. The predicted molar refractivity (Wildman–Crippen MR) is 257 cm³/mol. The molecule has 13 aromatic rings. The van der Waals surface area contributed by atoms with Crippen LogP contribution >= 0.6 is 0 Å². The number of pyridine rings is 1. The largest absolute Gasteiger partial charge is 0.307 e. The molecule has 0 aliphatic carbocycles. The molecular weight excluding hydrogens is 771 g/mol. The van der Waals surface area contributed by atoms with E-state index < -0.39 is 0 Å². The van der Waals surface area contributed by atoms with Crippen molar-refractivity contribution in [1.29, 1.82) is 0 Å². The van der Waals surface area contributed by atoms with Gasteiger partial charge in [-0.15, -0.1) is 0 Å². The van der Waals surface area contributed by atoms with Gasteiger partial charge in [-0.1, -0.05) is 158 Å². The Morgan fingerprint density at radius 3 is 1.38 bits per heavy atom. The van der Waals surface area contributed by atoms with Crippen molar-refractivity contribution in [3.63, 3.8) is 0 Å². The van der Waals surface area contributed by atoms with Crippen molar-refractivity contribution in [1.82, 2.24) is 33.6 Å².